The highest BCUT2D eigenvalue weighted by Crippen LogP contribution is 2.34. The Labute approximate surface area is 78.7 Å². The Bertz CT molecular complexity index is 314. The van der Waals surface area contributed by atoms with Crippen LogP contribution < -0.4 is 10.5 Å². The molecule has 1 atom stereocenters. The van der Waals surface area contributed by atoms with Crippen molar-refractivity contribution in [1.82, 2.24) is 4.98 Å². The first-order valence-electron chi connectivity index (χ1n) is 3.77. The van der Waals surface area contributed by atoms with E-state index in [1.807, 2.05) is 0 Å². The van der Waals surface area contributed by atoms with Crippen molar-refractivity contribution in [1.29, 1.82) is 0 Å². The van der Waals surface area contributed by atoms with Gasteiger partial charge in [-0.05, 0) is 6.07 Å². The molecular weight excluding hydrogens is 197 g/mol. The molecule has 1 unspecified atom stereocenters. The van der Waals surface area contributed by atoms with E-state index in [9.17, 15) is 13.2 Å². The van der Waals surface area contributed by atoms with Crippen LogP contribution in [0.1, 0.15) is 11.6 Å². The van der Waals surface area contributed by atoms with Crippen LogP contribution in [0.5, 0.6) is 5.75 Å². The van der Waals surface area contributed by atoms with Crippen LogP contribution in [0.3, 0.4) is 0 Å². The summed E-state index contributed by atoms with van der Waals surface area (Å²) in [6.45, 7) is 0. The van der Waals surface area contributed by atoms with E-state index in [1.54, 1.807) is 0 Å². The summed E-state index contributed by atoms with van der Waals surface area (Å²) >= 11 is 0. The van der Waals surface area contributed by atoms with E-state index in [0.29, 0.717) is 0 Å². The van der Waals surface area contributed by atoms with Gasteiger partial charge in [0.2, 0.25) is 0 Å². The molecule has 3 nitrogen and oxygen atoms in total. The summed E-state index contributed by atoms with van der Waals surface area (Å²) in [6.07, 6.45) is -2.10. The largest absolute Gasteiger partial charge is 0.496 e. The average molecular weight is 206 g/mol. The maximum Gasteiger partial charge on any atom is 0.407 e. The van der Waals surface area contributed by atoms with Gasteiger partial charge in [0.25, 0.3) is 0 Å². The predicted octanol–water partition coefficient (Wildman–Crippen LogP) is 1.65. The molecule has 6 heteroatoms. The number of nitrogens with two attached hydrogens (primary N) is 1. The van der Waals surface area contributed by atoms with Gasteiger partial charge in [0.15, 0.2) is 0 Å². The molecule has 1 heterocycles. The average Bonchev–Trinajstić information content (AvgIpc) is 2.15. The van der Waals surface area contributed by atoms with Crippen molar-refractivity contribution >= 4 is 0 Å². The molecule has 0 aliphatic heterocycles. The SMILES string of the molecule is COc1ccncc1C(N)C(F)(F)F. The lowest BCUT2D eigenvalue weighted by atomic mass is 10.1. The monoisotopic (exact) mass is 206 g/mol. The molecule has 0 aliphatic rings. The van der Waals surface area contributed by atoms with Gasteiger partial charge >= 0.3 is 6.18 Å². The first-order valence-corrected chi connectivity index (χ1v) is 3.77. The predicted molar refractivity (Wildman–Crippen MR) is 43.8 cm³/mol. The Kier molecular flexibility index (Phi) is 2.95. The molecule has 2 N–H and O–H groups in total. The van der Waals surface area contributed by atoms with Crippen LogP contribution in [0, 0.1) is 0 Å². The fourth-order valence-corrected chi connectivity index (χ4v) is 0.990. The normalized spacial score (nSPS) is 13.8. The minimum atomic E-state index is -4.49. The van der Waals surface area contributed by atoms with E-state index < -0.39 is 12.2 Å². The van der Waals surface area contributed by atoms with Crippen molar-refractivity contribution in [3.8, 4) is 5.75 Å². The van der Waals surface area contributed by atoms with Crippen LogP contribution >= 0.6 is 0 Å². The number of alkyl halides is 3. The number of halogens is 3. The molecule has 0 aliphatic carbocycles. The summed E-state index contributed by atoms with van der Waals surface area (Å²) in [6, 6.07) is -0.729. The standard InChI is InChI=1S/C8H9F3N2O/c1-14-6-2-3-13-4-5(6)7(12)8(9,10)11/h2-4,7H,12H2,1H3. The van der Waals surface area contributed by atoms with Gasteiger partial charge < -0.3 is 10.5 Å². The van der Waals surface area contributed by atoms with Gasteiger partial charge in [0.1, 0.15) is 11.8 Å². The van der Waals surface area contributed by atoms with E-state index in [1.165, 1.54) is 19.4 Å². The molecule has 14 heavy (non-hydrogen) atoms. The quantitative estimate of drug-likeness (QED) is 0.800. The van der Waals surface area contributed by atoms with Crippen LogP contribution in [0.4, 0.5) is 13.2 Å². The van der Waals surface area contributed by atoms with E-state index in [0.717, 1.165) is 6.20 Å². The Hall–Kier alpha value is -1.30. The molecule has 78 valence electrons. The second-order valence-corrected chi connectivity index (χ2v) is 2.64. The number of hydrogen-bond acceptors (Lipinski definition) is 3. The van der Waals surface area contributed by atoms with Crippen LogP contribution in [0.15, 0.2) is 18.5 Å². The lowest BCUT2D eigenvalue weighted by Crippen LogP contribution is -2.28. The highest BCUT2D eigenvalue weighted by molar-refractivity contribution is 5.33. The number of ether oxygens (including phenoxy) is 1. The third-order valence-corrected chi connectivity index (χ3v) is 1.72. The number of nitrogens with zero attached hydrogens (tertiary/aromatic N) is 1. The number of methoxy groups -OCH3 is 1. The minimum Gasteiger partial charge on any atom is -0.496 e. The summed E-state index contributed by atoms with van der Waals surface area (Å²) in [5.41, 5.74) is 4.84. The summed E-state index contributed by atoms with van der Waals surface area (Å²) in [4.78, 5) is 3.57. The molecule has 0 saturated carbocycles. The third kappa shape index (κ3) is 2.14. The Balaban J connectivity index is 3.06. The zero-order chi connectivity index (χ0) is 10.8. The molecule has 0 saturated heterocycles. The van der Waals surface area contributed by atoms with Gasteiger partial charge in [0, 0.05) is 18.0 Å². The van der Waals surface area contributed by atoms with Gasteiger partial charge in [-0.15, -0.1) is 0 Å². The van der Waals surface area contributed by atoms with Gasteiger partial charge in [-0.2, -0.15) is 13.2 Å². The van der Waals surface area contributed by atoms with Crippen molar-refractivity contribution < 1.29 is 17.9 Å². The van der Waals surface area contributed by atoms with Gasteiger partial charge in [-0.3, -0.25) is 4.98 Å². The maximum absolute atomic E-state index is 12.2. The molecule has 0 spiro atoms. The Morgan fingerprint density at radius 1 is 1.50 bits per heavy atom. The zero-order valence-electron chi connectivity index (χ0n) is 7.38. The summed E-state index contributed by atoms with van der Waals surface area (Å²) in [7, 11) is 1.28. The third-order valence-electron chi connectivity index (χ3n) is 1.72. The highest BCUT2D eigenvalue weighted by atomic mass is 19.4. The molecule has 1 aromatic rings. The fraction of sp³-hybridized carbons (Fsp3) is 0.375. The molecule has 0 aromatic carbocycles. The van der Waals surface area contributed by atoms with Crippen molar-refractivity contribution in [2.24, 2.45) is 5.73 Å². The summed E-state index contributed by atoms with van der Waals surface area (Å²) in [5.74, 6) is 0.0878. The molecule has 0 fully saturated rings. The second-order valence-electron chi connectivity index (χ2n) is 2.64. The topological polar surface area (TPSA) is 48.1 Å². The number of aromatic nitrogens is 1. The van der Waals surface area contributed by atoms with E-state index in [4.69, 9.17) is 10.5 Å². The van der Waals surface area contributed by atoms with Gasteiger partial charge in [-0.1, -0.05) is 0 Å². The number of hydrogen-bond donors (Lipinski definition) is 1. The summed E-state index contributed by atoms with van der Waals surface area (Å²) < 4.78 is 41.5. The van der Waals surface area contributed by atoms with Gasteiger partial charge in [0.05, 0.1) is 7.11 Å². The number of pyridine rings is 1. The van der Waals surface area contributed by atoms with Crippen LogP contribution in [-0.4, -0.2) is 18.3 Å². The van der Waals surface area contributed by atoms with Crippen molar-refractivity contribution in [3.05, 3.63) is 24.0 Å². The Morgan fingerprint density at radius 2 is 2.14 bits per heavy atom. The molecule has 0 amide bonds. The summed E-state index contributed by atoms with van der Waals surface area (Å²) in [5, 5.41) is 0. The highest BCUT2D eigenvalue weighted by Gasteiger charge is 2.39. The van der Waals surface area contributed by atoms with E-state index in [2.05, 4.69) is 4.98 Å². The van der Waals surface area contributed by atoms with E-state index in [-0.39, 0.29) is 11.3 Å². The number of rotatable bonds is 2. The van der Waals surface area contributed by atoms with E-state index >= 15 is 0 Å². The molecular formula is C8H9F3N2O. The molecule has 1 rings (SSSR count). The smallest absolute Gasteiger partial charge is 0.407 e. The maximum atomic E-state index is 12.2. The minimum absolute atomic E-state index is 0.0878. The van der Waals surface area contributed by atoms with Crippen molar-refractivity contribution in [3.63, 3.8) is 0 Å². The van der Waals surface area contributed by atoms with Crippen molar-refractivity contribution in [2.75, 3.05) is 7.11 Å². The lowest BCUT2D eigenvalue weighted by Gasteiger charge is -2.17. The molecule has 0 radical (unpaired) electrons. The van der Waals surface area contributed by atoms with Crippen LogP contribution in [-0.2, 0) is 0 Å². The van der Waals surface area contributed by atoms with Crippen LogP contribution in [0.2, 0.25) is 0 Å². The molecule has 0 bridgehead atoms. The first kappa shape index (κ1) is 10.8. The fourth-order valence-electron chi connectivity index (χ4n) is 0.990. The Morgan fingerprint density at radius 3 is 2.64 bits per heavy atom. The van der Waals surface area contributed by atoms with Gasteiger partial charge in [-0.25, -0.2) is 0 Å². The lowest BCUT2D eigenvalue weighted by molar-refractivity contribution is -0.149. The zero-order valence-corrected chi connectivity index (χ0v) is 7.38. The second kappa shape index (κ2) is 3.83. The van der Waals surface area contributed by atoms with Crippen LogP contribution in [0.25, 0.3) is 0 Å². The molecule has 1 aromatic heterocycles. The first-order chi connectivity index (χ1) is 6.46. The van der Waals surface area contributed by atoms with Crippen molar-refractivity contribution in [2.45, 2.75) is 12.2 Å².